The third-order valence-corrected chi connectivity index (χ3v) is 2.96. The zero-order valence-corrected chi connectivity index (χ0v) is 11.1. The molecule has 0 aliphatic carbocycles. The molecule has 18 heavy (non-hydrogen) atoms. The predicted octanol–water partition coefficient (Wildman–Crippen LogP) is 3.27. The van der Waals surface area contributed by atoms with Crippen LogP contribution in [0, 0.1) is 5.92 Å². The maximum Gasteiger partial charge on any atom is 0.403 e. The van der Waals surface area contributed by atoms with Crippen molar-refractivity contribution in [1.29, 1.82) is 0 Å². The van der Waals surface area contributed by atoms with Gasteiger partial charge in [-0.2, -0.15) is 13.2 Å². The van der Waals surface area contributed by atoms with E-state index < -0.39 is 18.3 Å². The van der Waals surface area contributed by atoms with Crippen molar-refractivity contribution in [3.05, 3.63) is 12.7 Å². The third kappa shape index (κ3) is 7.01. The number of hydrogen-bond acceptors (Lipinski definition) is 2. The monoisotopic (exact) mass is 267 g/mol. The first kappa shape index (κ1) is 17.4. The largest absolute Gasteiger partial charge is 0.403 e. The van der Waals surface area contributed by atoms with E-state index in [-0.39, 0.29) is 18.9 Å². The van der Waals surface area contributed by atoms with Gasteiger partial charge >= 0.3 is 6.18 Å². The van der Waals surface area contributed by atoms with Gasteiger partial charge in [-0.05, 0) is 25.2 Å². The number of unbranched alkanes of at least 4 members (excludes halogenated alkanes) is 2. The molecule has 0 aromatic carbocycles. The quantitative estimate of drug-likeness (QED) is 0.496. The van der Waals surface area contributed by atoms with E-state index in [4.69, 9.17) is 5.11 Å². The van der Waals surface area contributed by atoms with Gasteiger partial charge in [-0.3, -0.25) is 0 Å². The lowest BCUT2D eigenvalue weighted by atomic mass is 10.0. The first-order valence-corrected chi connectivity index (χ1v) is 6.37. The molecule has 0 heterocycles. The zero-order valence-electron chi connectivity index (χ0n) is 11.1. The molecule has 0 aromatic rings. The van der Waals surface area contributed by atoms with E-state index in [0.717, 1.165) is 6.42 Å². The lowest BCUT2D eigenvalue weighted by molar-refractivity contribution is -0.160. The summed E-state index contributed by atoms with van der Waals surface area (Å²) in [5.74, 6) is -0.0342. The van der Waals surface area contributed by atoms with Crippen LogP contribution in [0.4, 0.5) is 13.2 Å². The SMILES string of the molecule is C=CCCCC[C@H](N[C@H](CO)C(C)C)C(F)(F)F. The molecule has 0 aliphatic heterocycles. The highest BCUT2D eigenvalue weighted by molar-refractivity contribution is 4.81. The van der Waals surface area contributed by atoms with E-state index >= 15 is 0 Å². The van der Waals surface area contributed by atoms with Crippen molar-refractivity contribution >= 4 is 0 Å². The summed E-state index contributed by atoms with van der Waals surface area (Å²) in [5, 5.41) is 11.6. The van der Waals surface area contributed by atoms with E-state index in [0.29, 0.717) is 12.8 Å². The number of halogens is 3. The van der Waals surface area contributed by atoms with Crippen LogP contribution in [-0.4, -0.2) is 30.0 Å². The minimum Gasteiger partial charge on any atom is -0.395 e. The van der Waals surface area contributed by atoms with Gasteiger partial charge < -0.3 is 10.4 Å². The molecule has 2 N–H and O–H groups in total. The number of aliphatic hydroxyl groups excluding tert-OH is 1. The highest BCUT2D eigenvalue weighted by Gasteiger charge is 2.40. The molecule has 2 atom stereocenters. The Bertz CT molecular complexity index is 229. The Morgan fingerprint density at radius 3 is 2.28 bits per heavy atom. The van der Waals surface area contributed by atoms with Crippen molar-refractivity contribution in [3.63, 3.8) is 0 Å². The van der Waals surface area contributed by atoms with E-state index in [1.54, 1.807) is 19.9 Å². The zero-order chi connectivity index (χ0) is 14.2. The molecule has 0 aromatic heterocycles. The van der Waals surface area contributed by atoms with Crippen molar-refractivity contribution in [2.75, 3.05) is 6.61 Å². The Morgan fingerprint density at radius 1 is 1.28 bits per heavy atom. The lowest BCUT2D eigenvalue weighted by Crippen LogP contribution is -2.50. The van der Waals surface area contributed by atoms with Crippen LogP contribution in [0.5, 0.6) is 0 Å². The smallest absolute Gasteiger partial charge is 0.395 e. The molecule has 0 saturated carbocycles. The van der Waals surface area contributed by atoms with Gasteiger partial charge in [0.05, 0.1) is 6.61 Å². The highest BCUT2D eigenvalue weighted by Crippen LogP contribution is 2.25. The summed E-state index contributed by atoms with van der Waals surface area (Å²) in [5.41, 5.74) is 0. The van der Waals surface area contributed by atoms with Crippen molar-refractivity contribution in [2.45, 2.75) is 57.8 Å². The summed E-state index contributed by atoms with van der Waals surface area (Å²) < 4.78 is 38.5. The van der Waals surface area contributed by atoms with Crippen LogP contribution in [0.1, 0.15) is 39.5 Å². The van der Waals surface area contributed by atoms with E-state index in [1.165, 1.54) is 0 Å². The van der Waals surface area contributed by atoms with Crippen molar-refractivity contribution in [1.82, 2.24) is 5.32 Å². The molecule has 5 heteroatoms. The molecule has 0 unspecified atom stereocenters. The predicted molar refractivity (Wildman–Crippen MR) is 67.4 cm³/mol. The van der Waals surface area contributed by atoms with Gasteiger partial charge in [0, 0.05) is 6.04 Å². The van der Waals surface area contributed by atoms with Gasteiger partial charge in [0.15, 0.2) is 0 Å². The fourth-order valence-corrected chi connectivity index (χ4v) is 1.69. The second-order valence-electron chi connectivity index (χ2n) is 4.87. The van der Waals surface area contributed by atoms with Gasteiger partial charge in [-0.25, -0.2) is 0 Å². The Labute approximate surface area is 107 Å². The fraction of sp³-hybridized carbons (Fsp3) is 0.846. The lowest BCUT2D eigenvalue weighted by Gasteiger charge is -2.28. The Kier molecular flexibility index (Phi) is 8.27. The maximum atomic E-state index is 12.8. The standard InChI is InChI=1S/C13H24F3NO/c1-4-5-6-7-8-12(13(14,15)16)17-11(9-18)10(2)3/h4,10-12,17-18H,1,5-9H2,2-3H3/t11-,12+/m1/s1. The average molecular weight is 267 g/mol. The molecule has 108 valence electrons. The Balaban J connectivity index is 4.35. The van der Waals surface area contributed by atoms with Crippen LogP contribution >= 0.6 is 0 Å². The van der Waals surface area contributed by atoms with E-state index in [1.807, 2.05) is 0 Å². The van der Waals surface area contributed by atoms with Gasteiger partial charge in [-0.1, -0.05) is 26.3 Å². The third-order valence-electron chi connectivity index (χ3n) is 2.96. The number of alkyl halides is 3. The number of nitrogens with one attached hydrogen (secondary N) is 1. The molecule has 0 rings (SSSR count). The topological polar surface area (TPSA) is 32.3 Å². The molecule has 0 bridgehead atoms. The summed E-state index contributed by atoms with van der Waals surface area (Å²) in [6.07, 6.45) is -0.571. The van der Waals surface area contributed by atoms with Crippen LogP contribution in [0.25, 0.3) is 0 Å². The minimum absolute atomic E-state index is 0.0342. The average Bonchev–Trinajstić information content (AvgIpc) is 2.26. The molecule has 0 aliphatic rings. The first-order valence-electron chi connectivity index (χ1n) is 6.37. The normalized spacial score (nSPS) is 15.7. The highest BCUT2D eigenvalue weighted by atomic mass is 19.4. The molecule has 0 saturated heterocycles. The van der Waals surface area contributed by atoms with Crippen LogP contribution in [0.3, 0.4) is 0 Å². The van der Waals surface area contributed by atoms with Crippen molar-refractivity contribution < 1.29 is 18.3 Å². The number of rotatable bonds is 9. The molecule has 2 nitrogen and oxygen atoms in total. The van der Waals surface area contributed by atoms with Crippen LogP contribution in [0.15, 0.2) is 12.7 Å². The first-order chi connectivity index (χ1) is 8.32. The van der Waals surface area contributed by atoms with E-state index in [9.17, 15) is 13.2 Å². The summed E-state index contributed by atoms with van der Waals surface area (Å²) in [7, 11) is 0. The number of aliphatic hydroxyl groups is 1. The Morgan fingerprint density at radius 2 is 1.89 bits per heavy atom. The molecule has 0 radical (unpaired) electrons. The van der Waals surface area contributed by atoms with Crippen LogP contribution in [0.2, 0.25) is 0 Å². The van der Waals surface area contributed by atoms with Gasteiger partial charge in [0.2, 0.25) is 0 Å². The second kappa shape index (κ2) is 8.53. The van der Waals surface area contributed by atoms with E-state index in [2.05, 4.69) is 11.9 Å². The molecule has 0 spiro atoms. The fourth-order valence-electron chi connectivity index (χ4n) is 1.69. The second-order valence-corrected chi connectivity index (χ2v) is 4.87. The minimum atomic E-state index is -4.27. The molecule has 0 amide bonds. The number of allylic oxidation sites excluding steroid dienone is 1. The summed E-state index contributed by atoms with van der Waals surface area (Å²) in [6, 6.07) is -2.06. The van der Waals surface area contributed by atoms with Crippen molar-refractivity contribution in [2.24, 2.45) is 5.92 Å². The van der Waals surface area contributed by atoms with Gasteiger partial charge in [-0.15, -0.1) is 6.58 Å². The molecule has 0 fully saturated rings. The van der Waals surface area contributed by atoms with Crippen LogP contribution in [-0.2, 0) is 0 Å². The van der Waals surface area contributed by atoms with Crippen LogP contribution < -0.4 is 5.32 Å². The summed E-state index contributed by atoms with van der Waals surface area (Å²) in [4.78, 5) is 0. The van der Waals surface area contributed by atoms with Gasteiger partial charge in [0.1, 0.15) is 6.04 Å². The number of hydrogen-bond donors (Lipinski definition) is 2. The van der Waals surface area contributed by atoms with Gasteiger partial charge in [0.25, 0.3) is 0 Å². The maximum absolute atomic E-state index is 12.8. The van der Waals surface area contributed by atoms with Crippen molar-refractivity contribution in [3.8, 4) is 0 Å². The summed E-state index contributed by atoms with van der Waals surface area (Å²) in [6.45, 7) is 6.84. The molecular weight excluding hydrogens is 243 g/mol. The summed E-state index contributed by atoms with van der Waals surface area (Å²) >= 11 is 0. The molecular formula is C13H24F3NO. The Hall–Kier alpha value is -0.550.